The summed E-state index contributed by atoms with van der Waals surface area (Å²) in [6.45, 7) is 2.08. The van der Waals surface area contributed by atoms with Crippen LogP contribution in [0.25, 0.3) is 5.69 Å². The maximum atomic E-state index is 4.21. The summed E-state index contributed by atoms with van der Waals surface area (Å²) >= 11 is 1.42. The molecule has 1 unspecified atom stereocenters. The lowest BCUT2D eigenvalue weighted by Gasteiger charge is -2.16. The first-order chi connectivity index (χ1) is 10.3. The Morgan fingerprint density at radius 2 is 2.10 bits per heavy atom. The Labute approximate surface area is 127 Å². The first-order valence-electron chi connectivity index (χ1n) is 6.79. The minimum atomic E-state index is -0.0184. The average Bonchev–Trinajstić information content (AvgIpc) is 3.18. The molecule has 0 saturated carbocycles. The molecule has 1 atom stereocenters. The van der Waals surface area contributed by atoms with Crippen LogP contribution in [0.5, 0.6) is 0 Å². The summed E-state index contributed by atoms with van der Waals surface area (Å²) in [5.74, 6) is 0. The molecule has 21 heavy (non-hydrogen) atoms. The van der Waals surface area contributed by atoms with Crippen molar-refractivity contribution in [1.29, 1.82) is 0 Å². The Morgan fingerprint density at radius 3 is 2.81 bits per heavy atom. The van der Waals surface area contributed by atoms with E-state index >= 15 is 0 Å². The molecule has 0 amide bonds. The van der Waals surface area contributed by atoms with Gasteiger partial charge in [0.15, 0.2) is 0 Å². The van der Waals surface area contributed by atoms with E-state index in [4.69, 9.17) is 0 Å². The highest BCUT2D eigenvalue weighted by molar-refractivity contribution is 7.05. The van der Waals surface area contributed by atoms with Crippen molar-refractivity contribution < 1.29 is 0 Å². The molecular formula is C14H16N6S. The number of nitrogens with one attached hydrogen (secondary N) is 1. The van der Waals surface area contributed by atoms with Crippen molar-refractivity contribution in [2.75, 3.05) is 7.05 Å². The molecule has 0 aliphatic rings. The number of nitrogens with zero attached hydrogens (tertiary/aromatic N) is 5. The standard InChI is InChI=1S/C14H16N6S/c1-3-11-14(21-19-17-11)13(15-2)12-9-16-18-20(12)10-7-5-4-6-8-10/h4-9,13,15H,3H2,1-2H3. The molecule has 0 aliphatic carbocycles. The van der Waals surface area contributed by atoms with Gasteiger partial charge in [-0.3, -0.25) is 0 Å². The second-order valence-corrected chi connectivity index (χ2v) is 5.35. The minimum Gasteiger partial charge on any atom is -0.307 e. The molecule has 0 fully saturated rings. The Hall–Kier alpha value is -2.12. The van der Waals surface area contributed by atoms with Gasteiger partial charge in [0.1, 0.15) is 0 Å². The van der Waals surface area contributed by atoms with Gasteiger partial charge in [0, 0.05) is 0 Å². The van der Waals surface area contributed by atoms with Gasteiger partial charge < -0.3 is 5.32 Å². The van der Waals surface area contributed by atoms with Crippen LogP contribution in [0, 0.1) is 0 Å². The van der Waals surface area contributed by atoms with E-state index in [1.165, 1.54) is 11.5 Å². The number of para-hydroxylation sites is 1. The first-order valence-corrected chi connectivity index (χ1v) is 7.57. The fraction of sp³-hybridized carbons (Fsp3) is 0.286. The largest absolute Gasteiger partial charge is 0.307 e. The smallest absolute Gasteiger partial charge is 0.0895 e. The van der Waals surface area contributed by atoms with Crippen LogP contribution in [0.15, 0.2) is 36.5 Å². The molecule has 108 valence electrons. The third kappa shape index (κ3) is 2.57. The number of aromatic nitrogens is 5. The van der Waals surface area contributed by atoms with Gasteiger partial charge in [0.2, 0.25) is 0 Å². The molecule has 1 N–H and O–H groups in total. The topological polar surface area (TPSA) is 68.5 Å². The third-order valence-corrected chi connectivity index (χ3v) is 4.17. The summed E-state index contributed by atoms with van der Waals surface area (Å²) in [6, 6.07) is 9.96. The first kappa shape index (κ1) is 13.8. The summed E-state index contributed by atoms with van der Waals surface area (Å²) in [4.78, 5) is 1.11. The number of benzene rings is 1. The SMILES string of the molecule is CCc1nnsc1C(NC)c1cnnn1-c1ccccc1. The lowest BCUT2D eigenvalue weighted by atomic mass is 10.1. The molecule has 0 radical (unpaired) electrons. The number of rotatable bonds is 5. The molecule has 0 saturated heterocycles. The van der Waals surface area contributed by atoms with Gasteiger partial charge in [0.05, 0.1) is 34.2 Å². The van der Waals surface area contributed by atoms with Gasteiger partial charge in [-0.05, 0) is 37.1 Å². The lowest BCUT2D eigenvalue weighted by Crippen LogP contribution is -2.21. The maximum Gasteiger partial charge on any atom is 0.0895 e. The molecule has 6 nitrogen and oxygen atoms in total. The fourth-order valence-electron chi connectivity index (χ4n) is 2.30. The van der Waals surface area contributed by atoms with Crippen LogP contribution in [-0.4, -0.2) is 31.6 Å². The Balaban J connectivity index is 2.05. The summed E-state index contributed by atoms with van der Waals surface area (Å²) < 4.78 is 5.92. The second kappa shape index (κ2) is 6.11. The van der Waals surface area contributed by atoms with E-state index in [0.717, 1.165) is 28.4 Å². The predicted molar refractivity (Wildman–Crippen MR) is 81.5 cm³/mol. The van der Waals surface area contributed by atoms with Gasteiger partial charge in [-0.15, -0.1) is 10.2 Å². The van der Waals surface area contributed by atoms with Crippen molar-refractivity contribution in [2.24, 2.45) is 0 Å². The number of hydrogen-bond donors (Lipinski definition) is 1. The van der Waals surface area contributed by atoms with Crippen molar-refractivity contribution in [2.45, 2.75) is 19.4 Å². The summed E-state index contributed by atoms with van der Waals surface area (Å²) in [6.07, 6.45) is 2.64. The molecule has 2 heterocycles. The normalized spacial score (nSPS) is 12.5. The summed E-state index contributed by atoms with van der Waals surface area (Å²) in [7, 11) is 1.92. The highest BCUT2D eigenvalue weighted by Gasteiger charge is 2.23. The highest BCUT2D eigenvalue weighted by Crippen LogP contribution is 2.27. The van der Waals surface area contributed by atoms with Gasteiger partial charge in [-0.2, -0.15) is 0 Å². The van der Waals surface area contributed by atoms with Gasteiger partial charge in [-0.25, -0.2) is 4.68 Å². The van der Waals surface area contributed by atoms with E-state index in [9.17, 15) is 0 Å². The number of aryl methyl sites for hydroxylation is 1. The molecule has 2 aromatic heterocycles. The molecule has 0 aliphatic heterocycles. The van der Waals surface area contributed by atoms with Crippen molar-refractivity contribution in [3.63, 3.8) is 0 Å². The van der Waals surface area contributed by atoms with Gasteiger partial charge >= 0.3 is 0 Å². The van der Waals surface area contributed by atoms with E-state index in [1.54, 1.807) is 6.20 Å². The van der Waals surface area contributed by atoms with Crippen LogP contribution in [-0.2, 0) is 6.42 Å². The highest BCUT2D eigenvalue weighted by atomic mass is 32.1. The van der Waals surface area contributed by atoms with E-state index in [0.29, 0.717) is 0 Å². The van der Waals surface area contributed by atoms with E-state index in [2.05, 4.69) is 32.1 Å². The Bertz CT molecular complexity index is 705. The molecule has 0 bridgehead atoms. The summed E-state index contributed by atoms with van der Waals surface area (Å²) in [5, 5.41) is 15.8. The van der Waals surface area contributed by atoms with E-state index in [1.807, 2.05) is 42.1 Å². The molecular weight excluding hydrogens is 284 g/mol. The zero-order valence-corrected chi connectivity index (χ0v) is 12.7. The van der Waals surface area contributed by atoms with E-state index < -0.39 is 0 Å². The van der Waals surface area contributed by atoms with Crippen LogP contribution in [0.4, 0.5) is 0 Å². The van der Waals surface area contributed by atoms with Gasteiger partial charge in [0.25, 0.3) is 0 Å². The van der Waals surface area contributed by atoms with Crippen LogP contribution in [0.1, 0.15) is 29.2 Å². The molecule has 1 aromatic carbocycles. The molecule has 7 heteroatoms. The van der Waals surface area contributed by atoms with Crippen LogP contribution < -0.4 is 5.32 Å². The van der Waals surface area contributed by atoms with Crippen molar-refractivity contribution in [1.82, 2.24) is 29.9 Å². The predicted octanol–water partition coefficient (Wildman–Crippen LogP) is 1.99. The third-order valence-electron chi connectivity index (χ3n) is 3.34. The van der Waals surface area contributed by atoms with E-state index in [-0.39, 0.29) is 6.04 Å². The van der Waals surface area contributed by atoms with Crippen molar-refractivity contribution in [3.8, 4) is 5.69 Å². The Kier molecular flexibility index (Phi) is 4.03. The minimum absolute atomic E-state index is 0.0184. The van der Waals surface area contributed by atoms with Crippen LogP contribution in [0.3, 0.4) is 0 Å². The summed E-state index contributed by atoms with van der Waals surface area (Å²) in [5.41, 5.74) is 2.98. The Morgan fingerprint density at radius 1 is 1.29 bits per heavy atom. The molecule has 3 rings (SSSR count). The van der Waals surface area contributed by atoms with Crippen LogP contribution in [0.2, 0.25) is 0 Å². The number of hydrogen-bond acceptors (Lipinski definition) is 6. The quantitative estimate of drug-likeness (QED) is 0.780. The van der Waals surface area contributed by atoms with Gasteiger partial charge in [-0.1, -0.05) is 34.8 Å². The monoisotopic (exact) mass is 300 g/mol. The molecule has 3 aromatic rings. The van der Waals surface area contributed by atoms with Crippen molar-refractivity contribution >= 4 is 11.5 Å². The zero-order chi connectivity index (χ0) is 14.7. The maximum absolute atomic E-state index is 4.21. The fourth-order valence-corrected chi connectivity index (χ4v) is 3.16. The lowest BCUT2D eigenvalue weighted by molar-refractivity contribution is 0.636. The van der Waals surface area contributed by atoms with Crippen LogP contribution >= 0.6 is 11.5 Å². The molecule has 0 spiro atoms. The average molecular weight is 300 g/mol. The van der Waals surface area contributed by atoms with Crippen molar-refractivity contribution in [3.05, 3.63) is 52.8 Å². The second-order valence-electron chi connectivity index (χ2n) is 4.57. The zero-order valence-electron chi connectivity index (χ0n) is 11.9.